The SMILES string of the molecule is Cc1ccc(C)c(S(=O)(=O)N2CCN(CCc3cn(C)c4ncccc34)CC2)c1. The maximum Gasteiger partial charge on any atom is 0.243 e. The smallest absolute Gasteiger partial charge is 0.243 e. The average molecular weight is 413 g/mol. The number of aryl methyl sites for hydroxylation is 3. The zero-order chi connectivity index (χ0) is 20.6. The summed E-state index contributed by atoms with van der Waals surface area (Å²) in [5.74, 6) is 0. The Morgan fingerprint density at radius 3 is 2.59 bits per heavy atom. The molecule has 3 heterocycles. The van der Waals surface area contributed by atoms with E-state index >= 15 is 0 Å². The highest BCUT2D eigenvalue weighted by Crippen LogP contribution is 2.23. The number of aromatic nitrogens is 2. The van der Waals surface area contributed by atoms with Crippen LogP contribution in [0.2, 0.25) is 0 Å². The van der Waals surface area contributed by atoms with Crippen molar-refractivity contribution < 1.29 is 8.42 Å². The largest absolute Gasteiger partial charge is 0.335 e. The molecule has 0 bridgehead atoms. The van der Waals surface area contributed by atoms with E-state index in [0.717, 1.165) is 42.8 Å². The Bertz CT molecular complexity index is 1130. The van der Waals surface area contributed by atoms with Crippen LogP contribution in [0, 0.1) is 13.8 Å². The summed E-state index contributed by atoms with van der Waals surface area (Å²) in [6, 6.07) is 9.72. The minimum atomic E-state index is -3.44. The van der Waals surface area contributed by atoms with Crippen LogP contribution in [0.4, 0.5) is 0 Å². The Morgan fingerprint density at radius 2 is 1.83 bits per heavy atom. The van der Waals surface area contributed by atoms with Gasteiger partial charge in [-0.25, -0.2) is 13.4 Å². The van der Waals surface area contributed by atoms with Gasteiger partial charge in [-0.3, -0.25) is 0 Å². The lowest BCUT2D eigenvalue weighted by atomic mass is 10.1. The Kier molecular flexibility index (Phi) is 5.46. The van der Waals surface area contributed by atoms with Crippen LogP contribution in [0.1, 0.15) is 16.7 Å². The van der Waals surface area contributed by atoms with Crippen LogP contribution in [0.25, 0.3) is 11.0 Å². The first-order chi connectivity index (χ1) is 13.9. The lowest BCUT2D eigenvalue weighted by molar-refractivity contribution is 0.190. The maximum atomic E-state index is 13.1. The number of piperazine rings is 1. The van der Waals surface area contributed by atoms with E-state index in [1.807, 2.05) is 45.3 Å². The number of hydrogen-bond donors (Lipinski definition) is 0. The monoisotopic (exact) mass is 412 g/mol. The average Bonchev–Trinajstić information content (AvgIpc) is 3.04. The van der Waals surface area contributed by atoms with Crippen molar-refractivity contribution in [3.05, 3.63) is 59.4 Å². The van der Waals surface area contributed by atoms with Crippen LogP contribution in [0.15, 0.2) is 47.6 Å². The summed E-state index contributed by atoms with van der Waals surface area (Å²) in [5, 5.41) is 1.20. The van der Waals surface area contributed by atoms with Gasteiger partial charge in [-0.2, -0.15) is 4.31 Å². The van der Waals surface area contributed by atoms with Gasteiger partial charge in [0.2, 0.25) is 10.0 Å². The number of sulfonamides is 1. The van der Waals surface area contributed by atoms with Crippen LogP contribution in [0.5, 0.6) is 0 Å². The number of rotatable bonds is 5. The lowest BCUT2D eigenvalue weighted by Gasteiger charge is -2.34. The highest BCUT2D eigenvalue weighted by atomic mass is 32.2. The van der Waals surface area contributed by atoms with Crippen molar-refractivity contribution in [3.8, 4) is 0 Å². The zero-order valence-corrected chi connectivity index (χ0v) is 18.1. The third-order valence-electron chi connectivity index (χ3n) is 5.81. The summed E-state index contributed by atoms with van der Waals surface area (Å²) in [4.78, 5) is 7.24. The molecular formula is C22H28N4O2S. The molecule has 0 aliphatic carbocycles. The second kappa shape index (κ2) is 7.89. The molecule has 0 unspecified atom stereocenters. The van der Waals surface area contributed by atoms with Crippen LogP contribution in [0.3, 0.4) is 0 Å². The molecule has 3 aromatic rings. The first kappa shape index (κ1) is 20.1. The fourth-order valence-electron chi connectivity index (χ4n) is 4.09. The van der Waals surface area contributed by atoms with Gasteiger partial charge in [0.05, 0.1) is 4.90 Å². The van der Waals surface area contributed by atoms with Crippen LogP contribution in [-0.2, 0) is 23.5 Å². The predicted molar refractivity (Wildman–Crippen MR) is 116 cm³/mol. The summed E-state index contributed by atoms with van der Waals surface area (Å²) in [6.07, 6.45) is 4.91. The molecule has 0 amide bonds. The topological polar surface area (TPSA) is 58.4 Å². The van der Waals surface area contributed by atoms with E-state index in [1.54, 1.807) is 10.4 Å². The Hall–Kier alpha value is -2.22. The van der Waals surface area contributed by atoms with Gasteiger partial charge in [0.25, 0.3) is 0 Å². The molecular weight excluding hydrogens is 384 g/mol. The van der Waals surface area contributed by atoms with Crippen LogP contribution < -0.4 is 0 Å². The quantitative estimate of drug-likeness (QED) is 0.647. The zero-order valence-electron chi connectivity index (χ0n) is 17.3. The molecule has 1 fully saturated rings. The Balaban J connectivity index is 1.40. The van der Waals surface area contributed by atoms with Gasteiger partial charge in [-0.05, 0) is 55.2 Å². The summed E-state index contributed by atoms with van der Waals surface area (Å²) < 4.78 is 29.9. The first-order valence-electron chi connectivity index (χ1n) is 10.0. The van der Waals surface area contributed by atoms with E-state index in [9.17, 15) is 8.42 Å². The standard InChI is InChI=1S/C22H28N4O2S/c1-17-6-7-18(2)21(15-17)29(27,28)26-13-11-25(12-14-26)10-8-19-16-24(3)22-20(19)5-4-9-23-22/h4-7,9,15-16H,8,10-14H2,1-3H3. The Labute approximate surface area is 172 Å². The van der Waals surface area contributed by atoms with Gasteiger partial charge >= 0.3 is 0 Å². The summed E-state index contributed by atoms with van der Waals surface area (Å²) in [7, 11) is -1.41. The molecule has 1 aliphatic heterocycles. The molecule has 6 nitrogen and oxygen atoms in total. The third kappa shape index (κ3) is 3.95. The number of nitrogens with zero attached hydrogens (tertiary/aromatic N) is 4. The van der Waals surface area contributed by atoms with Gasteiger partial charge in [0, 0.05) is 57.6 Å². The fourth-order valence-corrected chi connectivity index (χ4v) is 5.82. The first-order valence-corrected chi connectivity index (χ1v) is 11.5. The molecule has 1 aromatic carbocycles. The van der Waals surface area contributed by atoms with E-state index in [1.165, 1.54) is 10.9 Å². The number of fused-ring (bicyclic) bond motifs is 1. The van der Waals surface area contributed by atoms with Crippen LogP contribution in [-0.4, -0.2) is 59.9 Å². The van der Waals surface area contributed by atoms with Crippen molar-refractivity contribution in [2.75, 3.05) is 32.7 Å². The van der Waals surface area contributed by atoms with Crippen molar-refractivity contribution in [2.45, 2.75) is 25.2 Å². The van der Waals surface area contributed by atoms with Gasteiger partial charge in [-0.15, -0.1) is 0 Å². The number of hydrogen-bond acceptors (Lipinski definition) is 4. The van der Waals surface area contributed by atoms with E-state index in [-0.39, 0.29) is 0 Å². The molecule has 29 heavy (non-hydrogen) atoms. The summed E-state index contributed by atoms with van der Waals surface area (Å²) in [5.41, 5.74) is 4.08. The minimum Gasteiger partial charge on any atom is -0.335 e. The van der Waals surface area contributed by atoms with Gasteiger partial charge in [-0.1, -0.05) is 12.1 Å². The molecule has 0 N–H and O–H groups in total. The molecule has 0 atom stereocenters. The molecule has 0 saturated carbocycles. The van der Waals surface area contributed by atoms with Gasteiger partial charge in [0.15, 0.2) is 0 Å². The normalized spacial score (nSPS) is 16.5. The van der Waals surface area contributed by atoms with E-state index in [2.05, 4.69) is 26.7 Å². The van der Waals surface area contributed by atoms with Crippen molar-refractivity contribution in [1.82, 2.24) is 18.8 Å². The molecule has 4 rings (SSSR count). The maximum absolute atomic E-state index is 13.1. The Morgan fingerprint density at radius 1 is 1.07 bits per heavy atom. The third-order valence-corrected chi connectivity index (χ3v) is 7.85. The van der Waals surface area contributed by atoms with E-state index in [0.29, 0.717) is 18.0 Å². The second-order valence-corrected chi connectivity index (χ2v) is 9.81. The highest BCUT2D eigenvalue weighted by molar-refractivity contribution is 7.89. The molecule has 7 heteroatoms. The predicted octanol–water partition coefficient (Wildman–Crippen LogP) is 2.74. The number of benzene rings is 1. The van der Waals surface area contributed by atoms with Crippen molar-refractivity contribution in [3.63, 3.8) is 0 Å². The molecule has 2 aromatic heterocycles. The van der Waals surface area contributed by atoms with Crippen molar-refractivity contribution in [2.24, 2.45) is 7.05 Å². The summed E-state index contributed by atoms with van der Waals surface area (Å²) in [6.45, 7) is 7.30. The molecule has 0 radical (unpaired) electrons. The van der Waals surface area contributed by atoms with Gasteiger partial charge in [0.1, 0.15) is 5.65 Å². The molecule has 0 spiro atoms. The lowest BCUT2D eigenvalue weighted by Crippen LogP contribution is -2.49. The van der Waals surface area contributed by atoms with Crippen LogP contribution >= 0.6 is 0 Å². The molecule has 154 valence electrons. The fraction of sp³-hybridized carbons (Fsp3) is 0.409. The minimum absolute atomic E-state index is 0.439. The van der Waals surface area contributed by atoms with Gasteiger partial charge < -0.3 is 9.47 Å². The number of pyridine rings is 1. The second-order valence-electron chi connectivity index (χ2n) is 7.90. The summed E-state index contributed by atoms with van der Waals surface area (Å²) >= 11 is 0. The van der Waals surface area contributed by atoms with E-state index < -0.39 is 10.0 Å². The van der Waals surface area contributed by atoms with Crippen molar-refractivity contribution >= 4 is 21.1 Å². The molecule has 1 aliphatic rings. The van der Waals surface area contributed by atoms with E-state index in [4.69, 9.17) is 0 Å². The van der Waals surface area contributed by atoms with Crippen molar-refractivity contribution in [1.29, 1.82) is 0 Å². The molecule has 1 saturated heterocycles. The highest BCUT2D eigenvalue weighted by Gasteiger charge is 2.29.